The van der Waals surface area contributed by atoms with Gasteiger partial charge in [0, 0.05) is 35.1 Å². The first-order valence-electron chi connectivity index (χ1n) is 12.9. The van der Waals surface area contributed by atoms with E-state index < -0.39 is 5.97 Å². The maximum Gasteiger partial charge on any atom is 0.337 e. The van der Waals surface area contributed by atoms with Crippen LogP contribution in [-0.2, 0) is 4.74 Å². The van der Waals surface area contributed by atoms with Crippen molar-refractivity contribution in [3.05, 3.63) is 83.0 Å². The number of amides is 1. The molecule has 2 aromatic heterocycles. The summed E-state index contributed by atoms with van der Waals surface area (Å²) in [6, 6.07) is 17.3. The lowest BCUT2D eigenvalue weighted by Crippen LogP contribution is -2.40. The largest absolute Gasteiger partial charge is 0.465 e. The molecular formula is C30H33N5O3. The molecule has 4 N–H and O–H groups in total. The van der Waals surface area contributed by atoms with Crippen molar-refractivity contribution in [3.63, 3.8) is 0 Å². The highest BCUT2D eigenvalue weighted by atomic mass is 16.5. The Bertz CT molecular complexity index is 1460. The number of imidazole rings is 1. The maximum absolute atomic E-state index is 13.1. The molecule has 2 aromatic carbocycles. The number of anilines is 2. The van der Waals surface area contributed by atoms with Gasteiger partial charge in [0.2, 0.25) is 0 Å². The third-order valence-corrected chi connectivity index (χ3v) is 7.30. The molecule has 8 heteroatoms. The number of hydrogen-bond acceptors (Lipinski definition) is 6. The molecule has 0 radical (unpaired) electrons. The lowest BCUT2D eigenvalue weighted by molar-refractivity contribution is 0.0600. The monoisotopic (exact) mass is 511 g/mol. The molecule has 1 amide bonds. The Morgan fingerprint density at radius 1 is 0.974 bits per heavy atom. The zero-order valence-corrected chi connectivity index (χ0v) is 22.0. The number of benzene rings is 2. The minimum Gasteiger partial charge on any atom is -0.465 e. The fourth-order valence-electron chi connectivity index (χ4n) is 5.05. The van der Waals surface area contributed by atoms with Crippen molar-refractivity contribution in [1.82, 2.24) is 14.7 Å². The Balaban J connectivity index is 1.53. The van der Waals surface area contributed by atoms with Gasteiger partial charge in [0.15, 0.2) is 0 Å². The Hall–Kier alpha value is -4.17. The van der Waals surface area contributed by atoms with Crippen LogP contribution >= 0.6 is 0 Å². The van der Waals surface area contributed by atoms with Crippen molar-refractivity contribution in [2.45, 2.75) is 51.6 Å². The first kappa shape index (κ1) is 25.5. The summed E-state index contributed by atoms with van der Waals surface area (Å²) in [7, 11) is 1.36. The SMILES string of the molecule is COC(=O)c1ccc(-c2nc3cc(C(=O)NC4CCC(N)CC4)ccn3c2Nc2c(C)cccc2C)cc1. The Kier molecular flexibility index (Phi) is 7.15. The summed E-state index contributed by atoms with van der Waals surface area (Å²) in [5, 5.41) is 6.75. The average Bonchev–Trinajstić information content (AvgIpc) is 3.29. The van der Waals surface area contributed by atoms with Crippen molar-refractivity contribution >= 4 is 29.0 Å². The maximum atomic E-state index is 13.1. The van der Waals surface area contributed by atoms with E-state index in [1.165, 1.54) is 7.11 Å². The molecule has 2 heterocycles. The smallest absolute Gasteiger partial charge is 0.337 e. The van der Waals surface area contributed by atoms with Crippen LogP contribution in [0.3, 0.4) is 0 Å². The normalized spacial score (nSPS) is 17.3. The third-order valence-electron chi connectivity index (χ3n) is 7.30. The van der Waals surface area contributed by atoms with Crippen molar-refractivity contribution in [1.29, 1.82) is 0 Å². The summed E-state index contributed by atoms with van der Waals surface area (Å²) < 4.78 is 6.79. The van der Waals surface area contributed by atoms with Crippen LogP contribution in [0, 0.1) is 13.8 Å². The van der Waals surface area contributed by atoms with Crippen LogP contribution < -0.4 is 16.4 Å². The number of carbonyl (C=O) groups is 2. The van der Waals surface area contributed by atoms with Gasteiger partial charge >= 0.3 is 5.97 Å². The van der Waals surface area contributed by atoms with Crippen LogP contribution in [0.1, 0.15) is 57.5 Å². The number of para-hydroxylation sites is 1. The molecule has 1 aliphatic rings. The first-order chi connectivity index (χ1) is 18.3. The summed E-state index contributed by atoms with van der Waals surface area (Å²) >= 11 is 0. The molecule has 0 bridgehead atoms. The molecule has 0 atom stereocenters. The average molecular weight is 512 g/mol. The van der Waals surface area contributed by atoms with Crippen LogP contribution in [0.4, 0.5) is 11.5 Å². The van der Waals surface area contributed by atoms with E-state index in [-0.39, 0.29) is 18.0 Å². The highest BCUT2D eigenvalue weighted by Crippen LogP contribution is 2.34. The number of methoxy groups -OCH3 is 1. The quantitative estimate of drug-likeness (QED) is 0.309. The van der Waals surface area contributed by atoms with Crippen molar-refractivity contribution in [2.24, 2.45) is 5.73 Å². The van der Waals surface area contributed by atoms with E-state index >= 15 is 0 Å². The predicted octanol–water partition coefficient (Wildman–Crippen LogP) is 5.15. The summed E-state index contributed by atoms with van der Waals surface area (Å²) in [5.74, 6) is 0.275. The highest BCUT2D eigenvalue weighted by molar-refractivity contribution is 5.96. The van der Waals surface area contributed by atoms with E-state index in [1.54, 1.807) is 12.1 Å². The number of nitrogens with two attached hydrogens (primary N) is 1. The first-order valence-corrected chi connectivity index (χ1v) is 12.9. The Labute approximate surface area is 222 Å². The lowest BCUT2D eigenvalue weighted by atomic mass is 9.91. The van der Waals surface area contributed by atoms with Gasteiger partial charge in [0.1, 0.15) is 17.2 Å². The third kappa shape index (κ3) is 5.13. The van der Waals surface area contributed by atoms with E-state index in [9.17, 15) is 9.59 Å². The van der Waals surface area contributed by atoms with Gasteiger partial charge in [-0.1, -0.05) is 30.3 Å². The number of nitrogens with zero attached hydrogens (tertiary/aromatic N) is 2. The molecular weight excluding hydrogens is 478 g/mol. The number of esters is 1. The Morgan fingerprint density at radius 2 is 1.66 bits per heavy atom. The summed E-state index contributed by atoms with van der Waals surface area (Å²) in [6.07, 6.45) is 5.52. The number of pyridine rings is 1. The minimum absolute atomic E-state index is 0.107. The van der Waals surface area contributed by atoms with E-state index in [0.717, 1.165) is 53.9 Å². The van der Waals surface area contributed by atoms with Crippen molar-refractivity contribution in [3.8, 4) is 11.3 Å². The van der Waals surface area contributed by atoms with Crippen LogP contribution in [0.5, 0.6) is 0 Å². The van der Waals surface area contributed by atoms with Crippen LogP contribution in [-0.4, -0.2) is 40.5 Å². The number of carbonyl (C=O) groups excluding carboxylic acids is 2. The van der Waals surface area contributed by atoms with Gasteiger partial charge in [-0.3, -0.25) is 9.20 Å². The second kappa shape index (κ2) is 10.7. The molecule has 38 heavy (non-hydrogen) atoms. The van der Waals surface area contributed by atoms with E-state index in [0.29, 0.717) is 22.5 Å². The molecule has 0 aliphatic heterocycles. The topological polar surface area (TPSA) is 111 Å². The number of aromatic nitrogens is 2. The summed E-state index contributed by atoms with van der Waals surface area (Å²) in [5.41, 5.74) is 12.4. The number of hydrogen-bond donors (Lipinski definition) is 3. The standard InChI is InChI=1S/C30H33N5O3/c1-18-5-4-6-19(2)26(18)34-28-27(20-7-9-21(10-8-20)30(37)38-3)33-25-17-22(15-16-35(25)28)29(36)32-24-13-11-23(31)12-14-24/h4-10,15-17,23-24,34H,11-14,31H2,1-3H3,(H,32,36). The predicted molar refractivity (Wildman–Crippen MR) is 149 cm³/mol. The molecule has 1 fully saturated rings. The van der Waals surface area contributed by atoms with Gasteiger partial charge in [-0.05, 0) is 74.9 Å². The van der Waals surface area contributed by atoms with Gasteiger partial charge in [-0.25, -0.2) is 9.78 Å². The molecule has 1 saturated carbocycles. The van der Waals surface area contributed by atoms with Crippen molar-refractivity contribution in [2.75, 3.05) is 12.4 Å². The van der Waals surface area contributed by atoms with E-state index in [2.05, 4.69) is 36.6 Å². The van der Waals surface area contributed by atoms with Crippen LogP contribution in [0.25, 0.3) is 16.9 Å². The molecule has 0 saturated heterocycles. The molecule has 8 nitrogen and oxygen atoms in total. The van der Waals surface area contributed by atoms with Gasteiger partial charge in [-0.2, -0.15) is 0 Å². The fraction of sp³-hybridized carbons (Fsp3) is 0.300. The van der Waals surface area contributed by atoms with Crippen LogP contribution in [0.2, 0.25) is 0 Å². The van der Waals surface area contributed by atoms with Crippen LogP contribution in [0.15, 0.2) is 60.8 Å². The Morgan fingerprint density at radius 3 is 2.32 bits per heavy atom. The molecule has 5 rings (SSSR count). The molecule has 0 spiro atoms. The number of ether oxygens (including phenoxy) is 1. The minimum atomic E-state index is -0.393. The number of rotatable bonds is 6. The van der Waals surface area contributed by atoms with E-state index in [1.807, 2.05) is 40.9 Å². The zero-order valence-electron chi connectivity index (χ0n) is 22.0. The summed E-state index contributed by atoms with van der Waals surface area (Å²) in [6.45, 7) is 4.12. The van der Waals surface area contributed by atoms with Gasteiger partial charge in [-0.15, -0.1) is 0 Å². The number of fused-ring (bicyclic) bond motifs is 1. The number of nitrogens with one attached hydrogen (secondary N) is 2. The molecule has 0 unspecified atom stereocenters. The molecule has 4 aromatic rings. The van der Waals surface area contributed by atoms with Crippen molar-refractivity contribution < 1.29 is 14.3 Å². The number of aryl methyl sites for hydroxylation is 2. The second-order valence-electron chi connectivity index (χ2n) is 10.00. The molecule has 1 aliphatic carbocycles. The fourth-order valence-corrected chi connectivity index (χ4v) is 5.05. The highest BCUT2D eigenvalue weighted by Gasteiger charge is 2.22. The van der Waals surface area contributed by atoms with Gasteiger partial charge in [0.05, 0.1) is 12.7 Å². The summed E-state index contributed by atoms with van der Waals surface area (Å²) in [4.78, 5) is 29.9. The zero-order chi connectivity index (χ0) is 26.8. The lowest BCUT2D eigenvalue weighted by Gasteiger charge is -2.26. The van der Waals surface area contributed by atoms with E-state index in [4.69, 9.17) is 15.5 Å². The second-order valence-corrected chi connectivity index (χ2v) is 10.00. The molecule has 196 valence electrons. The van der Waals surface area contributed by atoms with Gasteiger partial charge < -0.3 is 21.1 Å². The van der Waals surface area contributed by atoms with Gasteiger partial charge in [0.25, 0.3) is 5.91 Å².